The molecule has 0 bridgehead atoms. The highest BCUT2D eigenvalue weighted by Crippen LogP contribution is 2.34. The van der Waals surface area contributed by atoms with Crippen molar-refractivity contribution in [3.05, 3.63) is 17.7 Å². The van der Waals surface area contributed by atoms with Gasteiger partial charge in [-0.25, -0.2) is 0 Å². The quantitative estimate of drug-likeness (QED) is 0.573. The van der Waals surface area contributed by atoms with Crippen LogP contribution in [0.2, 0.25) is 0 Å². The van der Waals surface area contributed by atoms with Crippen LogP contribution < -0.4 is 14.8 Å². The predicted molar refractivity (Wildman–Crippen MR) is 70.1 cm³/mol. The maximum Gasteiger partial charge on any atom is 0.132 e. The number of aliphatic hydroxyl groups excluding tert-OH is 1. The van der Waals surface area contributed by atoms with Crippen molar-refractivity contribution in [3.63, 3.8) is 0 Å². The molecular formula is C12H19NO3S. The van der Waals surface area contributed by atoms with E-state index in [4.69, 9.17) is 14.6 Å². The van der Waals surface area contributed by atoms with Crippen molar-refractivity contribution >= 4 is 11.8 Å². The molecular weight excluding hydrogens is 238 g/mol. The fourth-order valence-electron chi connectivity index (χ4n) is 1.53. The van der Waals surface area contributed by atoms with Crippen LogP contribution in [0.15, 0.2) is 17.0 Å². The van der Waals surface area contributed by atoms with Crippen LogP contribution in [0.3, 0.4) is 0 Å². The molecule has 17 heavy (non-hydrogen) atoms. The van der Waals surface area contributed by atoms with E-state index in [0.717, 1.165) is 22.0 Å². The zero-order chi connectivity index (χ0) is 12.7. The molecule has 1 aromatic rings. The summed E-state index contributed by atoms with van der Waals surface area (Å²) in [5, 5.41) is 11.9. The van der Waals surface area contributed by atoms with Crippen LogP contribution in [0, 0.1) is 0 Å². The van der Waals surface area contributed by atoms with Crippen LogP contribution in [0.25, 0.3) is 0 Å². The van der Waals surface area contributed by atoms with Crippen LogP contribution in [0.4, 0.5) is 0 Å². The summed E-state index contributed by atoms with van der Waals surface area (Å²) < 4.78 is 10.7. The Morgan fingerprint density at radius 2 is 1.94 bits per heavy atom. The van der Waals surface area contributed by atoms with Gasteiger partial charge in [-0.1, -0.05) is 0 Å². The number of hydrogen-bond acceptors (Lipinski definition) is 5. The third-order valence-electron chi connectivity index (χ3n) is 2.39. The number of hydrogen-bond donors (Lipinski definition) is 2. The Morgan fingerprint density at radius 3 is 2.47 bits per heavy atom. The normalized spacial score (nSPS) is 10.4. The molecule has 1 aromatic carbocycles. The zero-order valence-corrected chi connectivity index (χ0v) is 11.3. The molecule has 0 aromatic heterocycles. The zero-order valence-electron chi connectivity index (χ0n) is 10.4. The summed E-state index contributed by atoms with van der Waals surface area (Å²) in [7, 11) is 3.31. The van der Waals surface area contributed by atoms with Gasteiger partial charge in [-0.2, -0.15) is 0 Å². The Kier molecular flexibility index (Phi) is 6.18. The Morgan fingerprint density at radius 1 is 1.24 bits per heavy atom. The Bertz CT molecular complexity index is 358. The van der Waals surface area contributed by atoms with Crippen molar-refractivity contribution in [2.24, 2.45) is 0 Å². The Balaban J connectivity index is 2.93. The van der Waals surface area contributed by atoms with Crippen molar-refractivity contribution in [2.45, 2.75) is 11.4 Å². The van der Waals surface area contributed by atoms with E-state index in [9.17, 15) is 0 Å². The lowest BCUT2D eigenvalue weighted by molar-refractivity contribution is 0.291. The van der Waals surface area contributed by atoms with Gasteiger partial charge < -0.3 is 19.9 Å². The van der Waals surface area contributed by atoms with Gasteiger partial charge in [-0.05, 0) is 18.4 Å². The van der Waals surface area contributed by atoms with Gasteiger partial charge in [0.1, 0.15) is 11.5 Å². The lowest BCUT2D eigenvalue weighted by atomic mass is 10.2. The number of benzene rings is 1. The van der Waals surface area contributed by atoms with E-state index < -0.39 is 0 Å². The molecule has 0 atom stereocenters. The molecule has 0 spiro atoms. The summed E-state index contributed by atoms with van der Waals surface area (Å²) in [6.45, 7) is 1.34. The fraction of sp³-hybridized carbons (Fsp3) is 0.500. The summed E-state index contributed by atoms with van der Waals surface area (Å²) in [6, 6.07) is 3.94. The molecule has 0 amide bonds. The van der Waals surface area contributed by atoms with Crippen molar-refractivity contribution in [3.8, 4) is 11.5 Å². The van der Waals surface area contributed by atoms with E-state index in [1.165, 1.54) is 0 Å². The van der Waals surface area contributed by atoms with Crippen molar-refractivity contribution in [1.29, 1.82) is 0 Å². The van der Waals surface area contributed by atoms with Crippen molar-refractivity contribution in [2.75, 3.05) is 33.6 Å². The molecule has 1 rings (SSSR count). The Hall–Kier alpha value is -0.910. The van der Waals surface area contributed by atoms with Gasteiger partial charge in [-0.3, -0.25) is 0 Å². The molecule has 0 unspecified atom stereocenters. The molecule has 0 heterocycles. The summed E-state index contributed by atoms with van der Waals surface area (Å²) in [4.78, 5) is 1.05. The summed E-state index contributed by atoms with van der Waals surface area (Å²) >= 11 is 1.62. The molecule has 0 fully saturated rings. The second kappa shape index (κ2) is 7.42. The molecule has 0 saturated carbocycles. The minimum absolute atomic E-state index is 0.127. The number of aliphatic hydroxyl groups is 1. The smallest absolute Gasteiger partial charge is 0.132 e. The summed E-state index contributed by atoms with van der Waals surface area (Å²) in [6.07, 6.45) is 2.00. The summed E-state index contributed by atoms with van der Waals surface area (Å²) in [5.41, 5.74) is 1.02. The van der Waals surface area contributed by atoms with E-state index in [-0.39, 0.29) is 6.61 Å². The third kappa shape index (κ3) is 3.80. The van der Waals surface area contributed by atoms with E-state index in [1.54, 1.807) is 26.0 Å². The average Bonchev–Trinajstić information content (AvgIpc) is 2.38. The first kappa shape index (κ1) is 14.2. The van der Waals surface area contributed by atoms with Crippen LogP contribution in [0.5, 0.6) is 11.5 Å². The van der Waals surface area contributed by atoms with Crippen LogP contribution in [-0.4, -0.2) is 38.7 Å². The van der Waals surface area contributed by atoms with Gasteiger partial charge in [0.05, 0.1) is 25.7 Å². The van der Waals surface area contributed by atoms with E-state index >= 15 is 0 Å². The monoisotopic (exact) mass is 257 g/mol. The molecule has 96 valence electrons. The predicted octanol–water partition coefficient (Wildman–Crippen LogP) is 1.51. The number of methoxy groups -OCH3 is 2. The van der Waals surface area contributed by atoms with Crippen LogP contribution in [0.1, 0.15) is 5.56 Å². The van der Waals surface area contributed by atoms with E-state index in [0.29, 0.717) is 13.1 Å². The van der Waals surface area contributed by atoms with Crippen LogP contribution in [-0.2, 0) is 6.54 Å². The fourth-order valence-corrected chi connectivity index (χ4v) is 2.10. The SMILES string of the molecule is COc1cc(SC)c(OC)cc1CNCCO. The van der Waals surface area contributed by atoms with Gasteiger partial charge >= 0.3 is 0 Å². The minimum atomic E-state index is 0.127. The maximum absolute atomic E-state index is 8.73. The molecule has 0 aliphatic carbocycles. The first-order valence-corrected chi connectivity index (χ1v) is 6.59. The topological polar surface area (TPSA) is 50.7 Å². The molecule has 0 aliphatic rings. The number of rotatable bonds is 7. The standard InChI is InChI=1S/C12H19NO3S/c1-15-10-7-12(17-3)11(16-2)6-9(10)8-13-4-5-14/h6-7,13-14H,4-5,8H2,1-3H3. The lowest BCUT2D eigenvalue weighted by Gasteiger charge is -2.14. The molecule has 0 saturated heterocycles. The molecule has 0 aliphatic heterocycles. The maximum atomic E-state index is 8.73. The van der Waals surface area contributed by atoms with Gasteiger partial charge in [-0.15, -0.1) is 11.8 Å². The third-order valence-corrected chi connectivity index (χ3v) is 3.15. The largest absolute Gasteiger partial charge is 0.496 e. The van der Waals surface area contributed by atoms with Gasteiger partial charge in [0.25, 0.3) is 0 Å². The Labute approximate surface area is 106 Å². The van der Waals surface area contributed by atoms with E-state index in [1.807, 2.05) is 18.4 Å². The molecule has 0 radical (unpaired) electrons. The average molecular weight is 257 g/mol. The molecule has 5 heteroatoms. The second-order valence-corrected chi connectivity index (χ2v) is 4.27. The second-order valence-electron chi connectivity index (χ2n) is 3.42. The van der Waals surface area contributed by atoms with Gasteiger partial charge in [0.2, 0.25) is 0 Å². The molecule has 2 N–H and O–H groups in total. The lowest BCUT2D eigenvalue weighted by Crippen LogP contribution is -2.18. The van der Waals surface area contributed by atoms with Gasteiger partial charge in [0.15, 0.2) is 0 Å². The van der Waals surface area contributed by atoms with E-state index in [2.05, 4.69) is 5.32 Å². The van der Waals surface area contributed by atoms with Gasteiger partial charge in [0, 0.05) is 18.7 Å². The van der Waals surface area contributed by atoms with Crippen molar-refractivity contribution in [1.82, 2.24) is 5.32 Å². The summed E-state index contributed by atoms with van der Waals surface area (Å²) in [5.74, 6) is 1.68. The first-order chi connectivity index (χ1) is 8.26. The minimum Gasteiger partial charge on any atom is -0.496 e. The number of nitrogens with one attached hydrogen (secondary N) is 1. The number of thioether (sulfide) groups is 1. The van der Waals surface area contributed by atoms with Crippen LogP contribution >= 0.6 is 11.8 Å². The first-order valence-electron chi connectivity index (χ1n) is 5.37. The molecule has 4 nitrogen and oxygen atoms in total. The highest BCUT2D eigenvalue weighted by atomic mass is 32.2. The number of ether oxygens (including phenoxy) is 2. The highest BCUT2D eigenvalue weighted by molar-refractivity contribution is 7.98. The highest BCUT2D eigenvalue weighted by Gasteiger charge is 2.10. The van der Waals surface area contributed by atoms with Crippen molar-refractivity contribution < 1.29 is 14.6 Å².